The molecule has 31 heavy (non-hydrogen) atoms. The summed E-state index contributed by atoms with van der Waals surface area (Å²) in [6.07, 6.45) is 1.13. The molecule has 8 heteroatoms. The summed E-state index contributed by atoms with van der Waals surface area (Å²) < 4.78 is 10.6. The maximum atomic E-state index is 12.9. The molecule has 8 nitrogen and oxygen atoms in total. The SMILES string of the molecule is CCOC(=O)C1=C(CN2CCN([C@H](C)CC)CC2)NC(=O)N[C@@H]1c1ccc(OC)cc1. The molecule has 0 aliphatic carbocycles. The lowest BCUT2D eigenvalue weighted by Gasteiger charge is -2.39. The lowest BCUT2D eigenvalue weighted by molar-refractivity contribution is -0.139. The number of carbonyl (C=O) groups excluding carboxylic acids is 2. The monoisotopic (exact) mass is 430 g/mol. The molecule has 170 valence electrons. The number of urea groups is 1. The molecule has 1 fully saturated rings. The summed E-state index contributed by atoms with van der Waals surface area (Å²) >= 11 is 0. The highest BCUT2D eigenvalue weighted by molar-refractivity contribution is 5.95. The number of nitrogens with one attached hydrogen (secondary N) is 2. The largest absolute Gasteiger partial charge is 0.497 e. The first-order valence-electron chi connectivity index (χ1n) is 11.0. The van der Waals surface area contributed by atoms with Crippen LogP contribution in [0.5, 0.6) is 5.75 Å². The molecule has 0 radical (unpaired) electrons. The molecular weight excluding hydrogens is 396 g/mol. The van der Waals surface area contributed by atoms with Gasteiger partial charge in [0.15, 0.2) is 0 Å². The molecule has 2 heterocycles. The average molecular weight is 431 g/mol. The minimum Gasteiger partial charge on any atom is -0.497 e. The number of hydrogen-bond acceptors (Lipinski definition) is 6. The smallest absolute Gasteiger partial charge is 0.338 e. The van der Waals surface area contributed by atoms with Crippen molar-refractivity contribution in [3.05, 3.63) is 41.1 Å². The van der Waals surface area contributed by atoms with Gasteiger partial charge in [-0.3, -0.25) is 9.80 Å². The third-order valence-corrected chi connectivity index (χ3v) is 6.10. The fraction of sp³-hybridized carbons (Fsp3) is 0.565. The summed E-state index contributed by atoms with van der Waals surface area (Å²) in [6.45, 7) is 10.7. The van der Waals surface area contributed by atoms with Crippen molar-refractivity contribution in [2.24, 2.45) is 0 Å². The van der Waals surface area contributed by atoms with Gasteiger partial charge in [0.2, 0.25) is 0 Å². The van der Waals surface area contributed by atoms with E-state index in [-0.39, 0.29) is 12.6 Å². The summed E-state index contributed by atoms with van der Waals surface area (Å²) in [7, 11) is 1.60. The number of rotatable bonds is 8. The van der Waals surface area contributed by atoms with Crippen LogP contribution in [0.3, 0.4) is 0 Å². The van der Waals surface area contributed by atoms with Crippen LogP contribution in [0.2, 0.25) is 0 Å². The fourth-order valence-electron chi connectivity index (χ4n) is 4.08. The van der Waals surface area contributed by atoms with Crippen molar-refractivity contribution in [1.82, 2.24) is 20.4 Å². The molecule has 2 aliphatic heterocycles. The van der Waals surface area contributed by atoms with E-state index in [1.54, 1.807) is 14.0 Å². The minimum atomic E-state index is -0.574. The van der Waals surface area contributed by atoms with Crippen LogP contribution in [-0.4, -0.2) is 74.3 Å². The normalized spacial score (nSPS) is 21.3. The van der Waals surface area contributed by atoms with Gasteiger partial charge in [-0.15, -0.1) is 0 Å². The Kier molecular flexibility index (Phi) is 7.92. The highest BCUT2D eigenvalue weighted by Crippen LogP contribution is 2.29. The van der Waals surface area contributed by atoms with E-state index >= 15 is 0 Å². The standard InChI is InChI=1S/C23H34N4O4/c1-5-16(3)27-13-11-26(12-14-27)15-19-20(22(28)31-6-2)21(25-23(29)24-19)17-7-9-18(30-4)10-8-17/h7-10,16,21H,5-6,11-15H2,1-4H3,(H2,24,25,29)/t16-,21-/m1/s1. The van der Waals surface area contributed by atoms with Crippen LogP contribution >= 0.6 is 0 Å². The number of esters is 1. The van der Waals surface area contributed by atoms with Crippen molar-refractivity contribution in [3.8, 4) is 5.75 Å². The molecule has 0 spiro atoms. The van der Waals surface area contributed by atoms with Crippen LogP contribution < -0.4 is 15.4 Å². The van der Waals surface area contributed by atoms with Crippen molar-refractivity contribution in [3.63, 3.8) is 0 Å². The topological polar surface area (TPSA) is 83.1 Å². The van der Waals surface area contributed by atoms with Gasteiger partial charge in [-0.25, -0.2) is 9.59 Å². The Morgan fingerprint density at radius 2 is 1.84 bits per heavy atom. The zero-order valence-electron chi connectivity index (χ0n) is 18.9. The number of ether oxygens (including phenoxy) is 2. The number of piperazine rings is 1. The molecule has 3 rings (SSSR count). The van der Waals surface area contributed by atoms with E-state index in [1.807, 2.05) is 24.3 Å². The Bertz CT molecular complexity index is 800. The molecule has 0 unspecified atom stereocenters. The molecular formula is C23H34N4O4. The van der Waals surface area contributed by atoms with E-state index < -0.39 is 12.0 Å². The third kappa shape index (κ3) is 5.57. The van der Waals surface area contributed by atoms with Crippen LogP contribution in [0.1, 0.15) is 38.8 Å². The molecule has 0 aromatic heterocycles. The summed E-state index contributed by atoms with van der Waals surface area (Å²) in [4.78, 5) is 30.2. The summed E-state index contributed by atoms with van der Waals surface area (Å²) in [5.74, 6) is 0.300. The van der Waals surface area contributed by atoms with Gasteiger partial charge in [0.25, 0.3) is 0 Å². The zero-order chi connectivity index (χ0) is 22.4. The molecule has 0 bridgehead atoms. The predicted octanol–water partition coefficient (Wildman–Crippen LogP) is 2.28. The predicted molar refractivity (Wildman–Crippen MR) is 119 cm³/mol. The number of amides is 2. The van der Waals surface area contributed by atoms with Gasteiger partial charge >= 0.3 is 12.0 Å². The summed E-state index contributed by atoms with van der Waals surface area (Å²) in [6, 6.07) is 7.03. The van der Waals surface area contributed by atoms with E-state index in [0.29, 0.717) is 29.6 Å². The van der Waals surface area contributed by atoms with E-state index in [4.69, 9.17) is 9.47 Å². The Morgan fingerprint density at radius 1 is 1.16 bits per heavy atom. The Balaban J connectivity index is 1.85. The molecule has 1 aromatic rings. The number of methoxy groups -OCH3 is 1. The maximum absolute atomic E-state index is 12.9. The van der Waals surface area contributed by atoms with E-state index in [9.17, 15) is 9.59 Å². The van der Waals surface area contributed by atoms with Crippen molar-refractivity contribution in [2.45, 2.75) is 39.3 Å². The van der Waals surface area contributed by atoms with Crippen molar-refractivity contribution < 1.29 is 19.1 Å². The molecule has 2 N–H and O–H groups in total. The van der Waals surface area contributed by atoms with Crippen LogP contribution in [0, 0.1) is 0 Å². The number of carbonyl (C=O) groups is 2. The molecule has 2 atom stereocenters. The zero-order valence-corrected chi connectivity index (χ0v) is 18.9. The second-order valence-corrected chi connectivity index (χ2v) is 7.99. The second-order valence-electron chi connectivity index (χ2n) is 7.99. The van der Waals surface area contributed by atoms with Gasteiger partial charge in [0.1, 0.15) is 5.75 Å². The van der Waals surface area contributed by atoms with Crippen molar-refractivity contribution in [2.75, 3.05) is 46.4 Å². The Morgan fingerprint density at radius 3 is 2.42 bits per heavy atom. The lowest BCUT2D eigenvalue weighted by Crippen LogP contribution is -2.53. The average Bonchev–Trinajstić information content (AvgIpc) is 2.79. The van der Waals surface area contributed by atoms with Crippen LogP contribution in [-0.2, 0) is 9.53 Å². The van der Waals surface area contributed by atoms with Crippen LogP contribution in [0.4, 0.5) is 4.79 Å². The van der Waals surface area contributed by atoms with Gasteiger partial charge in [0, 0.05) is 44.5 Å². The molecule has 1 saturated heterocycles. The van der Waals surface area contributed by atoms with E-state index in [1.165, 1.54) is 0 Å². The van der Waals surface area contributed by atoms with E-state index in [0.717, 1.165) is 38.2 Å². The highest BCUT2D eigenvalue weighted by atomic mass is 16.5. The Labute approximate surface area is 184 Å². The van der Waals surface area contributed by atoms with Gasteiger partial charge in [-0.2, -0.15) is 0 Å². The molecule has 2 aliphatic rings. The van der Waals surface area contributed by atoms with Gasteiger partial charge < -0.3 is 20.1 Å². The summed E-state index contributed by atoms with van der Waals surface area (Å²) in [5, 5.41) is 5.75. The van der Waals surface area contributed by atoms with Gasteiger partial charge in [0.05, 0.1) is 25.3 Å². The van der Waals surface area contributed by atoms with Crippen LogP contribution in [0.15, 0.2) is 35.5 Å². The second kappa shape index (κ2) is 10.6. The summed E-state index contributed by atoms with van der Waals surface area (Å²) in [5.41, 5.74) is 1.87. The first-order chi connectivity index (χ1) is 15.0. The number of benzene rings is 1. The maximum Gasteiger partial charge on any atom is 0.338 e. The number of nitrogens with zero attached hydrogens (tertiary/aromatic N) is 2. The fourth-order valence-corrected chi connectivity index (χ4v) is 4.08. The Hall–Kier alpha value is -2.58. The third-order valence-electron chi connectivity index (χ3n) is 6.10. The van der Waals surface area contributed by atoms with Crippen LogP contribution in [0.25, 0.3) is 0 Å². The molecule has 2 amide bonds. The molecule has 0 saturated carbocycles. The first-order valence-corrected chi connectivity index (χ1v) is 11.0. The van der Waals surface area contributed by atoms with Crippen molar-refractivity contribution >= 4 is 12.0 Å². The highest BCUT2D eigenvalue weighted by Gasteiger charge is 2.34. The molecule has 1 aromatic carbocycles. The van der Waals surface area contributed by atoms with Gasteiger partial charge in [-0.05, 0) is 38.0 Å². The lowest BCUT2D eigenvalue weighted by atomic mass is 9.94. The van der Waals surface area contributed by atoms with Crippen molar-refractivity contribution in [1.29, 1.82) is 0 Å². The first kappa shape index (κ1) is 23.1. The van der Waals surface area contributed by atoms with Gasteiger partial charge in [-0.1, -0.05) is 19.1 Å². The number of hydrogen-bond donors (Lipinski definition) is 2. The quantitative estimate of drug-likeness (QED) is 0.616. The van der Waals surface area contributed by atoms with E-state index in [2.05, 4.69) is 34.3 Å². The minimum absolute atomic E-state index is 0.270.